The highest BCUT2D eigenvalue weighted by Gasteiger charge is 2.28. The van der Waals surface area contributed by atoms with Crippen molar-refractivity contribution >= 4 is 28.8 Å². The van der Waals surface area contributed by atoms with Crippen LogP contribution in [-0.2, 0) is 13.5 Å². The van der Waals surface area contributed by atoms with Gasteiger partial charge in [0.2, 0.25) is 0 Å². The third-order valence-electron chi connectivity index (χ3n) is 2.14. The van der Waals surface area contributed by atoms with E-state index in [0.717, 1.165) is 5.56 Å². The molecule has 0 bridgehead atoms. The van der Waals surface area contributed by atoms with Gasteiger partial charge in [-0.2, -0.15) is 0 Å². The second-order valence-electron chi connectivity index (χ2n) is 3.55. The highest BCUT2D eigenvalue weighted by atomic mass is 127. The number of rotatable bonds is 4. The number of benzene rings is 1. The quantitative estimate of drug-likeness (QED) is 0.798. The number of halogens is 1. The molecular weight excluding hydrogens is 291 g/mol. The lowest BCUT2D eigenvalue weighted by molar-refractivity contribution is -0.120. The van der Waals surface area contributed by atoms with Crippen LogP contribution in [0, 0.1) is 0 Å². The van der Waals surface area contributed by atoms with Gasteiger partial charge in [0, 0.05) is 6.42 Å². The van der Waals surface area contributed by atoms with Gasteiger partial charge in [0.1, 0.15) is 34.4 Å². The van der Waals surface area contributed by atoms with Crippen LogP contribution in [0.25, 0.3) is 0 Å². The molecule has 0 aliphatic rings. The summed E-state index contributed by atoms with van der Waals surface area (Å²) in [7, 11) is 0. The van der Waals surface area contributed by atoms with Crippen LogP contribution in [0.4, 0.5) is 0 Å². The summed E-state index contributed by atoms with van der Waals surface area (Å²) in [6.07, 6.45) is 0.403. The number of hydrogen-bond acceptors (Lipinski definition) is 2. The molecule has 76 valence electrons. The van der Waals surface area contributed by atoms with Gasteiger partial charge >= 0.3 is 0 Å². The Hall–Kier alpha value is -0.420. The standard InChI is InChI=1S/C11H13IO2/c1-9(13)8-11(2,14-12)10-6-4-3-5-7-10/h3-7H,8H2,1-2H3/t11-/m0/s1. The van der Waals surface area contributed by atoms with Gasteiger partial charge < -0.3 is 3.07 Å². The van der Waals surface area contributed by atoms with E-state index in [2.05, 4.69) is 0 Å². The van der Waals surface area contributed by atoms with Gasteiger partial charge in [-0.3, -0.25) is 4.79 Å². The van der Waals surface area contributed by atoms with Gasteiger partial charge in [-0.25, -0.2) is 0 Å². The summed E-state index contributed by atoms with van der Waals surface area (Å²) in [5.74, 6) is 0.132. The molecule has 0 aliphatic carbocycles. The minimum absolute atomic E-state index is 0.132. The average molecular weight is 304 g/mol. The van der Waals surface area contributed by atoms with E-state index in [-0.39, 0.29) is 5.78 Å². The number of ketones is 1. The van der Waals surface area contributed by atoms with Gasteiger partial charge in [0.25, 0.3) is 0 Å². The maximum absolute atomic E-state index is 11.1. The first-order valence-corrected chi connectivity index (χ1v) is 5.31. The summed E-state index contributed by atoms with van der Waals surface area (Å²) in [5.41, 5.74) is 0.526. The molecule has 1 rings (SSSR count). The van der Waals surface area contributed by atoms with E-state index < -0.39 is 5.60 Å². The van der Waals surface area contributed by atoms with Crippen LogP contribution in [-0.4, -0.2) is 5.78 Å². The zero-order chi connectivity index (χ0) is 10.6. The minimum atomic E-state index is -0.506. The molecule has 0 aromatic heterocycles. The molecule has 0 heterocycles. The fourth-order valence-corrected chi connectivity index (χ4v) is 1.85. The molecule has 0 unspecified atom stereocenters. The monoisotopic (exact) mass is 304 g/mol. The number of carbonyl (C=O) groups is 1. The fourth-order valence-electron chi connectivity index (χ4n) is 1.44. The van der Waals surface area contributed by atoms with Crippen LogP contribution in [0.1, 0.15) is 25.8 Å². The van der Waals surface area contributed by atoms with Crippen molar-refractivity contribution < 1.29 is 7.86 Å². The van der Waals surface area contributed by atoms with Crippen LogP contribution in [0.5, 0.6) is 0 Å². The zero-order valence-electron chi connectivity index (χ0n) is 8.29. The second-order valence-corrected chi connectivity index (χ2v) is 3.99. The molecule has 0 saturated heterocycles. The molecule has 0 radical (unpaired) electrons. The van der Waals surface area contributed by atoms with Gasteiger partial charge in [-0.05, 0) is 19.4 Å². The third kappa shape index (κ3) is 2.78. The van der Waals surface area contributed by atoms with Crippen molar-refractivity contribution in [3.05, 3.63) is 35.9 Å². The molecule has 1 aromatic carbocycles. The van der Waals surface area contributed by atoms with Crippen molar-refractivity contribution in [2.75, 3.05) is 0 Å². The maximum Gasteiger partial charge on any atom is 0.133 e. The molecule has 0 saturated carbocycles. The largest absolute Gasteiger partial charge is 0.304 e. The molecule has 1 aromatic rings. The molecule has 1 atom stereocenters. The normalized spacial score (nSPS) is 14.8. The van der Waals surface area contributed by atoms with E-state index in [1.807, 2.05) is 60.3 Å². The summed E-state index contributed by atoms with van der Waals surface area (Å²) >= 11 is 1.85. The smallest absolute Gasteiger partial charge is 0.133 e. The van der Waals surface area contributed by atoms with Crippen molar-refractivity contribution in [2.24, 2.45) is 0 Å². The van der Waals surface area contributed by atoms with Crippen molar-refractivity contribution in [3.63, 3.8) is 0 Å². The van der Waals surface area contributed by atoms with Crippen LogP contribution in [0.15, 0.2) is 30.3 Å². The Balaban J connectivity index is 2.95. The molecule has 3 heteroatoms. The molecular formula is C11H13IO2. The second kappa shape index (κ2) is 4.89. The van der Waals surface area contributed by atoms with Crippen molar-refractivity contribution in [1.82, 2.24) is 0 Å². The lowest BCUT2D eigenvalue weighted by atomic mass is 9.91. The van der Waals surface area contributed by atoms with Crippen LogP contribution < -0.4 is 0 Å². The summed E-state index contributed by atoms with van der Waals surface area (Å²) in [4.78, 5) is 11.1. The first-order valence-electron chi connectivity index (χ1n) is 4.43. The van der Waals surface area contributed by atoms with Crippen molar-refractivity contribution in [3.8, 4) is 0 Å². The molecule has 0 aliphatic heterocycles. The Kier molecular flexibility index (Phi) is 4.07. The topological polar surface area (TPSA) is 26.3 Å². The van der Waals surface area contributed by atoms with Gasteiger partial charge in [-0.1, -0.05) is 30.3 Å². The molecule has 14 heavy (non-hydrogen) atoms. The van der Waals surface area contributed by atoms with E-state index >= 15 is 0 Å². The van der Waals surface area contributed by atoms with Crippen LogP contribution in [0.3, 0.4) is 0 Å². The van der Waals surface area contributed by atoms with E-state index in [1.165, 1.54) is 0 Å². The van der Waals surface area contributed by atoms with Crippen molar-refractivity contribution in [1.29, 1.82) is 0 Å². The Bertz CT molecular complexity index is 310. The first kappa shape index (κ1) is 11.7. The summed E-state index contributed by atoms with van der Waals surface area (Å²) < 4.78 is 5.38. The Labute approximate surface area is 98.3 Å². The number of hydrogen-bond donors (Lipinski definition) is 0. The Morgan fingerprint density at radius 2 is 2.00 bits per heavy atom. The summed E-state index contributed by atoms with van der Waals surface area (Å²) in [5, 5.41) is 0. The molecule has 0 spiro atoms. The Morgan fingerprint density at radius 3 is 2.43 bits per heavy atom. The summed E-state index contributed by atoms with van der Waals surface area (Å²) in [6, 6.07) is 9.79. The maximum atomic E-state index is 11.1. The van der Waals surface area contributed by atoms with E-state index in [1.54, 1.807) is 6.92 Å². The molecule has 0 fully saturated rings. The number of carbonyl (C=O) groups excluding carboxylic acids is 1. The fraction of sp³-hybridized carbons (Fsp3) is 0.364. The highest BCUT2D eigenvalue weighted by Crippen LogP contribution is 2.31. The van der Waals surface area contributed by atoms with Crippen molar-refractivity contribution in [2.45, 2.75) is 25.9 Å². The van der Waals surface area contributed by atoms with E-state index in [0.29, 0.717) is 6.42 Å². The first-order chi connectivity index (χ1) is 6.58. The van der Waals surface area contributed by atoms with Gasteiger partial charge in [0.05, 0.1) is 0 Å². The predicted molar refractivity (Wildman–Crippen MR) is 64.2 cm³/mol. The molecule has 0 amide bonds. The number of Topliss-reactive ketones (excluding diaryl/α,β-unsaturated/α-hetero) is 1. The van der Waals surface area contributed by atoms with E-state index in [4.69, 9.17) is 3.07 Å². The minimum Gasteiger partial charge on any atom is -0.304 e. The highest BCUT2D eigenvalue weighted by molar-refractivity contribution is 14.1. The predicted octanol–water partition coefficient (Wildman–Crippen LogP) is 3.25. The SMILES string of the molecule is CC(=O)C[C@](C)(OI)c1ccccc1. The molecule has 2 nitrogen and oxygen atoms in total. The average Bonchev–Trinajstić information content (AvgIpc) is 2.18. The lowest BCUT2D eigenvalue weighted by Crippen LogP contribution is -2.24. The third-order valence-corrected chi connectivity index (χ3v) is 3.11. The van der Waals surface area contributed by atoms with Gasteiger partial charge in [-0.15, -0.1) is 0 Å². The van der Waals surface area contributed by atoms with Crippen LogP contribution >= 0.6 is 23.0 Å². The lowest BCUT2D eigenvalue weighted by Gasteiger charge is -2.25. The zero-order valence-corrected chi connectivity index (χ0v) is 10.4. The van der Waals surface area contributed by atoms with E-state index in [9.17, 15) is 4.79 Å². The summed E-state index contributed by atoms with van der Waals surface area (Å²) in [6.45, 7) is 3.51. The molecule has 0 N–H and O–H groups in total. The Morgan fingerprint density at radius 1 is 1.43 bits per heavy atom. The van der Waals surface area contributed by atoms with Crippen LogP contribution in [0.2, 0.25) is 0 Å². The van der Waals surface area contributed by atoms with Gasteiger partial charge in [0.15, 0.2) is 0 Å².